The third-order valence-electron chi connectivity index (χ3n) is 5.09. The zero-order valence-electron chi connectivity index (χ0n) is 20.0. The Morgan fingerprint density at radius 1 is 1.11 bits per heavy atom. The largest absolute Gasteiger partial charge is 0.416 e. The van der Waals surface area contributed by atoms with E-state index >= 15 is 0 Å². The quantitative estimate of drug-likeness (QED) is 0.0871. The van der Waals surface area contributed by atoms with Crippen molar-refractivity contribution in [3.8, 4) is 11.3 Å². The van der Waals surface area contributed by atoms with Crippen LogP contribution in [0.4, 0.5) is 22.0 Å². The average Bonchev–Trinajstić information content (AvgIpc) is 3.19. The van der Waals surface area contributed by atoms with Gasteiger partial charge in [0.05, 0.1) is 16.7 Å². The van der Waals surface area contributed by atoms with E-state index in [-0.39, 0.29) is 28.0 Å². The number of alkyl halides is 3. The summed E-state index contributed by atoms with van der Waals surface area (Å²) in [4.78, 5) is -0.450. The molecule has 3 rings (SSSR count). The van der Waals surface area contributed by atoms with Crippen molar-refractivity contribution < 1.29 is 35.1 Å². The number of rotatable bonds is 9. The maximum Gasteiger partial charge on any atom is 0.416 e. The number of nitrogens with zero attached hydrogens (tertiary/aromatic N) is 3. The van der Waals surface area contributed by atoms with E-state index in [0.29, 0.717) is 18.7 Å². The second-order valence-electron chi connectivity index (χ2n) is 9.30. The first kappa shape index (κ1) is 29.1. The molecule has 0 spiro atoms. The first-order chi connectivity index (χ1) is 17.1. The van der Waals surface area contributed by atoms with Crippen molar-refractivity contribution in [3.63, 3.8) is 0 Å². The summed E-state index contributed by atoms with van der Waals surface area (Å²) in [7, 11) is -5.72. The minimum atomic E-state index is -4.62. The van der Waals surface area contributed by atoms with Gasteiger partial charge in [0.2, 0.25) is 0 Å². The van der Waals surface area contributed by atoms with Crippen molar-refractivity contribution in [3.05, 3.63) is 69.8 Å². The maximum absolute atomic E-state index is 14.0. The minimum Gasteiger partial charge on any atom is -0.360 e. The van der Waals surface area contributed by atoms with Crippen molar-refractivity contribution >= 4 is 40.2 Å². The van der Waals surface area contributed by atoms with Crippen molar-refractivity contribution in [2.75, 3.05) is 6.61 Å². The third-order valence-corrected chi connectivity index (χ3v) is 8.70. The third kappa shape index (κ3) is 7.79. The molecule has 0 aliphatic carbocycles. The van der Waals surface area contributed by atoms with Crippen LogP contribution in [0.25, 0.3) is 11.3 Å². The lowest BCUT2D eigenvalue weighted by Crippen LogP contribution is -2.22. The van der Waals surface area contributed by atoms with Crippen molar-refractivity contribution in [2.45, 2.75) is 43.5 Å². The summed E-state index contributed by atoms with van der Waals surface area (Å²) in [5, 5.41) is 4.33. The van der Waals surface area contributed by atoms with Gasteiger partial charge in [-0.1, -0.05) is 19.6 Å². The second kappa shape index (κ2) is 11.1. The molecule has 0 aliphatic heterocycles. The number of halogens is 6. The summed E-state index contributed by atoms with van der Waals surface area (Å²) in [5.41, 5.74) is -0.647. The average molecular weight is 625 g/mol. The van der Waals surface area contributed by atoms with E-state index in [0.717, 1.165) is 36.5 Å². The monoisotopic (exact) mass is 623 g/mol. The Morgan fingerprint density at radius 3 is 2.32 bits per heavy atom. The molecular formula is C23H23BrF5N3O3SSi. The van der Waals surface area contributed by atoms with E-state index < -0.39 is 46.4 Å². The number of sulfonamides is 1. The Labute approximate surface area is 220 Å². The number of hydrogen-bond donors (Lipinski definition) is 0. The fraction of sp³-hybridized carbons (Fsp3) is 0.304. The summed E-state index contributed by atoms with van der Waals surface area (Å²) in [6, 6.07) is 5.60. The molecule has 0 N–H and O–H groups in total. The Balaban J connectivity index is 1.95. The summed E-state index contributed by atoms with van der Waals surface area (Å²) in [6.45, 7) is 7.06. The van der Waals surface area contributed by atoms with E-state index in [1.807, 2.05) is 0 Å². The van der Waals surface area contributed by atoms with E-state index in [4.69, 9.17) is 4.74 Å². The van der Waals surface area contributed by atoms with Gasteiger partial charge in [0.25, 0.3) is 10.0 Å². The molecule has 2 aromatic carbocycles. The van der Waals surface area contributed by atoms with Gasteiger partial charge in [0, 0.05) is 36.5 Å². The Morgan fingerprint density at radius 2 is 1.73 bits per heavy atom. The van der Waals surface area contributed by atoms with Gasteiger partial charge in [-0.25, -0.2) is 13.5 Å². The standard InChI is InChI=1S/C23H23BrF5N3O3SSi/c1-37(2,3)9-8-35-14-32-13-15(22(31-32)18-10-20(25)21(26)11-19(18)24)12-30-36(33,34)17-6-4-16(5-7-17)23(27,28)29/h4-7,10-13H,8-9,14H2,1-3H3. The zero-order valence-corrected chi connectivity index (χ0v) is 23.4. The highest BCUT2D eigenvalue weighted by Crippen LogP contribution is 2.32. The molecule has 0 aliphatic rings. The highest BCUT2D eigenvalue weighted by molar-refractivity contribution is 9.10. The summed E-state index contributed by atoms with van der Waals surface area (Å²) in [5.74, 6) is -2.23. The van der Waals surface area contributed by atoms with Crippen LogP contribution in [0.1, 0.15) is 11.1 Å². The number of ether oxygens (including phenoxy) is 1. The van der Waals surface area contributed by atoms with Crippen LogP contribution in [0, 0.1) is 11.6 Å². The molecule has 0 unspecified atom stereocenters. The van der Waals surface area contributed by atoms with Gasteiger partial charge in [0.15, 0.2) is 11.6 Å². The molecule has 0 amide bonds. The van der Waals surface area contributed by atoms with E-state index in [2.05, 4.69) is 45.1 Å². The molecule has 37 heavy (non-hydrogen) atoms. The summed E-state index contributed by atoms with van der Waals surface area (Å²) >= 11 is 3.16. The predicted octanol–water partition coefficient (Wildman–Crippen LogP) is 6.73. The molecule has 6 nitrogen and oxygen atoms in total. The Hall–Kier alpha value is -2.42. The van der Waals surface area contributed by atoms with E-state index in [1.54, 1.807) is 0 Å². The van der Waals surface area contributed by atoms with Crippen LogP contribution in [0.3, 0.4) is 0 Å². The van der Waals surface area contributed by atoms with Gasteiger partial charge in [-0.3, -0.25) is 0 Å². The number of benzene rings is 2. The van der Waals surface area contributed by atoms with Crippen LogP contribution in [0.2, 0.25) is 25.7 Å². The van der Waals surface area contributed by atoms with Gasteiger partial charge in [-0.05, 0) is 58.4 Å². The topological polar surface area (TPSA) is 73.6 Å². The lowest BCUT2D eigenvalue weighted by atomic mass is 10.1. The summed E-state index contributed by atoms with van der Waals surface area (Å²) in [6.07, 6.45) is -2.26. The van der Waals surface area contributed by atoms with E-state index in [1.165, 1.54) is 10.9 Å². The molecule has 0 radical (unpaired) electrons. The molecule has 0 fully saturated rings. The zero-order chi connectivity index (χ0) is 27.6. The highest BCUT2D eigenvalue weighted by Gasteiger charge is 2.30. The van der Waals surface area contributed by atoms with Crippen molar-refractivity contribution in [1.29, 1.82) is 0 Å². The van der Waals surface area contributed by atoms with Crippen molar-refractivity contribution in [1.82, 2.24) is 9.78 Å². The first-order valence-corrected chi connectivity index (χ1v) is 16.8. The highest BCUT2D eigenvalue weighted by atomic mass is 79.9. The van der Waals surface area contributed by atoms with Crippen LogP contribution in [-0.4, -0.2) is 39.1 Å². The predicted molar refractivity (Wildman–Crippen MR) is 136 cm³/mol. The summed E-state index contributed by atoms with van der Waals surface area (Å²) < 4.78 is 102. The molecular weight excluding hydrogens is 601 g/mol. The maximum atomic E-state index is 14.0. The Bertz CT molecular complexity index is 1400. The smallest absolute Gasteiger partial charge is 0.360 e. The van der Waals surface area contributed by atoms with Crippen LogP contribution in [-0.2, 0) is 27.7 Å². The molecule has 0 bridgehead atoms. The van der Waals surface area contributed by atoms with Gasteiger partial charge < -0.3 is 4.74 Å². The first-order valence-electron chi connectivity index (χ1n) is 10.8. The van der Waals surface area contributed by atoms with Crippen LogP contribution >= 0.6 is 15.9 Å². The molecule has 0 saturated heterocycles. The molecule has 3 aromatic rings. The molecule has 0 atom stereocenters. The number of aromatic nitrogens is 2. The van der Waals surface area contributed by atoms with Gasteiger partial charge >= 0.3 is 6.18 Å². The molecule has 0 saturated carbocycles. The van der Waals surface area contributed by atoms with Crippen LogP contribution in [0.15, 0.2) is 56.4 Å². The van der Waals surface area contributed by atoms with Crippen LogP contribution in [0.5, 0.6) is 0 Å². The second-order valence-corrected chi connectivity index (χ2v) is 17.4. The molecule has 14 heteroatoms. The fourth-order valence-corrected chi connectivity index (χ4v) is 5.16. The number of hydrogen-bond acceptors (Lipinski definition) is 4. The lowest BCUT2D eigenvalue weighted by molar-refractivity contribution is -0.137. The van der Waals surface area contributed by atoms with Crippen molar-refractivity contribution in [2.24, 2.45) is 4.40 Å². The van der Waals surface area contributed by atoms with Crippen LogP contribution < -0.4 is 0 Å². The fourth-order valence-electron chi connectivity index (χ4n) is 3.05. The minimum absolute atomic E-state index is 0.0122. The van der Waals surface area contributed by atoms with E-state index in [9.17, 15) is 30.4 Å². The Kier molecular flexibility index (Phi) is 8.77. The molecule has 1 heterocycles. The molecule has 1 aromatic heterocycles. The molecule has 200 valence electrons. The normalized spacial score (nSPS) is 13.0. The van der Waals surface area contributed by atoms with Gasteiger partial charge in [-0.15, -0.1) is 0 Å². The SMILES string of the molecule is C[Si](C)(C)CCOCn1cc(C=NS(=O)(=O)c2ccc(C(F)(F)F)cc2)c(-c2cc(F)c(F)cc2Br)n1. The van der Waals surface area contributed by atoms with Gasteiger partial charge in [0.1, 0.15) is 12.4 Å². The lowest BCUT2D eigenvalue weighted by Gasteiger charge is -2.15. The van der Waals surface area contributed by atoms with Gasteiger partial charge in [-0.2, -0.15) is 31.1 Å².